The molecule has 2 aromatic carbocycles. The number of H-pyrrole nitrogens is 1. The summed E-state index contributed by atoms with van der Waals surface area (Å²) >= 11 is 6.42. The van der Waals surface area contributed by atoms with Crippen LogP contribution in [0.2, 0.25) is 5.02 Å². The number of allylic oxidation sites excluding steroid dienone is 1. The Morgan fingerprint density at radius 1 is 1.11 bits per heavy atom. The van der Waals surface area contributed by atoms with E-state index in [1.54, 1.807) is 12.3 Å². The highest BCUT2D eigenvalue weighted by molar-refractivity contribution is 6.35. The molecule has 5 rings (SSSR count). The molecule has 1 fully saturated rings. The van der Waals surface area contributed by atoms with E-state index in [0.717, 1.165) is 38.6 Å². The van der Waals surface area contributed by atoms with Crippen molar-refractivity contribution < 1.29 is 0 Å². The van der Waals surface area contributed by atoms with Gasteiger partial charge in [0.2, 0.25) is 0 Å². The van der Waals surface area contributed by atoms with Gasteiger partial charge in [-0.25, -0.2) is 4.98 Å². The maximum Gasteiger partial charge on any atom is 0.0730 e. The van der Waals surface area contributed by atoms with Crippen molar-refractivity contribution in [2.75, 3.05) is 33.2 Å². The first-order valence-corrected chi connectivity index (χ1v) is 12.6. The van der Waals surface area contributed by atoms with Crippen LogP contribution >= 0.6 is 11.6 Å². The predicted octanol–water partition coefficient (Wildman–Crippen LogP) is 7.01. The van der Waals surface area contributed by atoms with Gasteiger partial charge in [0.25, 0.3) is 0 Å². The highest BCUT2D eigenvalue weighted by Crippen LogP contribution is 2.30. The van der Waals surface area contributed by atoms with Crippen molar-refractivity contribution in [3.05, 3.63) is 78.1 Å². The van der Waals surface area contributed by atoms with Crippen molar-refractivity contribution in [1.29, 1.82) is 0 Å². The molecule has 182 valence electrons. The van der Waals surface area contributed by atoms with Crippen LogP contribution in [-0.2, 0) is 0 Å². The number of fused-ring (bicyclic) bond motifs is 2. The van der Waals surface area contributed by atoms with Gasteiger partial charge in [0.15, 0.2) is 0 Å². The minimum absolute atomic E-state index is 0.695. The lowest BCUT2D eigenvalue weighted by molar-refractivity contribution is 0.182. The van der Waals surface area contributed by atoms with E-state index < -0.39 is 0 Å². The summed E-state index contributed by atoms with van der Waals surface area (Å²) in [5, 5.41) is 9.73. The summed E-state index contributed by atoms with van der Waals surface area (Å²) in [7, 11) is 2.19. The van der Waals surface area contributed by atoms with Crippen molar-refractivity contribution in [3.63, 3.8) is 0 Å². The van der Waals surface area contributed by atoms with Crippen molar-refractivity contribution >= 4 is 39.5 Å². The largest absolute Gasteiger partial charge is 0.373 e. The standard InChI is InChI=1S/C18H12ClN3.C11H22N2/c1-2-11-3-6-14-15(19)9-16(21-18(14)7-11)12-4-5-13-10-20-22-17(13)8-12;1-4-5-6-11(2)13-9-7-12(3)8-10-13/h2-10H,1H2,(H,20,22);2,4-10H2,1,3H3. The number of benzene rings is 2. The second-order valence-corrected chi connectivity index (χ2v) is 9.51. The third-order valence-corrected chi connectivity index (χ3v) is 6.84. The number of rotatable bonds is 6. The first-order chi connectivity index (χ1) is 17.0. The molecule has 4 aromatic rings. The highest BCUT2D eigenvalue weighted by Gasteiger charge is 2.14. The first kappa shape index (κ1) is 25.0. The molecule has 0 amide bonds. The van der Waals surface area contributed by atoms with Gasteiger partial charge in [0.1, 0.15) is 0 Å². The zero-order chi connectivity index (χ0) is 24.8. The topological polar surface area (TPSA) is 48.0 Å². The predicted molar refractivity (Wildman–Crippen MR) is 150 cm³/mol. The molecule has 1 N–H and O–H groups in total. The van der Waals surface area contributed by atoms with Crippen molar-refractivity contribution in [2.45, 2.75) is 26.2 Å². The normalized spacial score (nSPS) is 14.1. The lowest BCUT2D eigenvalue weighted by Crippen LogP contribution is -2.43. The average molecular weight is 488 g/mol. The fourth-order valence-electron chi connectivity index (χ4n) is 4.24. The number of nitrogens with zero attached hydrogens (tertiary/aromatic N) is 4. The number of piperazine rings is 1. The summed E-state index contributed by atoms with van der Waals surface area (Å²) in [5.41, 5.74) is 6.06. The Labute approximate surface area is 213 Å². The number of pyridine rings is 1. The summed E-state index contributed by atoms with van der Waals surface area (Å²) in [5.74, 6) is 0. The average Bonchev–Trinajstić information content (AvgIpc) is 3.35. The van der Waals surface area contributed by atoms with Crippen LogP contribution in [0.5, 0.6) is 0 Å². The number of aromatic amines is 1. The Morgan fingerprint density at radius 2 is 1.91 bits per heavy atom. The summed E-state index contributed by atoms with van der Waals surface area (Å²) in [6, 6.07) is 13.9. The summed E-state index contributed by atoms with van der Waals surface area (Å²) < 4.78 is 0. The highest BCUT2D eigenvalue weighted by atomic mass is 35.5. The minimum atomic E-state index is 0.695. The van der Waals surface area contributed by atoms with E-state index in [0.29, 0.717) is 5.02 Å². The molecule has 5 nitrogen and oxygen atoms in total. The van der Waals surface area contributed by atoms with Crippen LogP contribution in [0.3, 0.4) is 0 Å². The van der Waals surface area contributed by atoms with Crippen molar-refractivity contribution in [1.82, 2.24) is 25.0 Å². The Bertz CT molecular complexity index is 1320. The minimum Gasteiger partial charge on any atom is -0.373 e. The van der Waals surface area contributed by atoms with Gasteiger partial charge in [-0.1, -0.05) is 68.4 Å². The molecule has 2 aromatic heterocycles. The quantitative estimate of drug-likeness (QED) is 0.317. The molecule has 0 radical (unpaired) electrons. The van der Waals surface area contributed by atoms with Crippen LogP contribution in [0.4, 0.5) is 0 Å². The van der Waals surface area contributed by atoms with Crippen molar-refractivity contribution in [2.24, 2.45) is 0 Å². The molecule has 0 unspecified atom stereocenters. The fourth-order valence-corrected chi connectivity index (χ4v) is 4.50. The number of unbranched alkanes of at least 4 members (excludes halogenated alkanes) is 1. The molecular formula is C29H34ClN5. The molecule has 1 saturated heterocycles. The van der Waals surface area contributed by atoms with E-state index in [1.807, 2.05) is 42.5 Å². The van der Waals surface area contributed by atoms with Crippen LogP contribution in [0, 0.1) is 0 Å². The van der Waals surface area contributed by atoms with Crippen LogP contribution in [0.15, 0.2) is 67.5 Å². The third kappa shape index (κ3) is 6.11. The van der Waals surface area contributed by atoms with E-state index in [-0.39, 0.29) is 0 Å². The second kappa shape index (κ2) is 11.5. The lowest BCUT2D eigenvalue weighted by Gasteiger charge is -2.35. The maximum absolute atomic E-state index is 6.42. The first-order valence-electron chi connectivity index (χ1n) is 12.3. The van der Waals surface area contributed by atoms with E-state index in [2.05, 4.69) is 47.1 Å². The van der Waals surface area contributed by atoms with Gasteiger partial charge in [-0.3, -0.25) is 5.10 Å². The Morgan fingerprint density at radius 3 is 2.66 bits per heavy atom. The zero-order valence-electron chi connectivity index (χ0n) is 20.7. The van der Waals surface area contributed by atoms with Crippen LogP contribution in [0.1, 0.15) is 31.7 Å². The molecule has 0 spiro atoms. The smallest absolute Gasteiger partial charge is 0.0730 e. The molecule has 3 heterocycles. The van der Waals surface area contributed by atoms with Crippen LogP contribution in [0.25, 0.3) is 39.1 Å². The van der Waals surface area contributed by atoms with E-state index in [9.17, 15) is 0 Å². The molecule has 0 bridgehead atoms. The third-order valence-electron chi connectivity index (χ3n) is 6.53. The Hall–Kier alpha value is -3.15. The summed E-state index contributed by atoms with van der Waals surface area (Å²) in [6.45, 7) is 14.9. The number of hydrogen-bond donors (Lipinski definition) is 1. The van der Waals surface area contributed by atoms with E-state index in [1.165, 1.54) is 51.1 Å². The van der Waals surface area contributed by atoms with Gasteiger partial charge < -0.3 is 9.80 Å². The van der Waals surface area contributed by atoms with Crippen LogP contribution in [-0.4, -0.2) is 58.2 Å². The monoisotopic (exact) mass is 487 g/mol. The number of aromatic nitrogens is 3. The van der Waals surface area contributed by atoms with Gasteiger partial charge in [0.05, 0.1) is 27.9 Å². The molecule has 1 aliphatic heterocycles. The molecule has 0 saturated carbocycles. The summed E-state index contributed by atoms with van der Waals surface area (Å²) in [6.07, 6.45) is 7.34. The lowest BCUT2D eigenvalue weighted by atomic mass is 10.1. The van der Waals surface area contributed by atoms with Gasteiger partial charge in [-0.15, -0.1) is 0 Å². The second-order valence-electron chi connectivity index (χ2n) is 9.10. The van der Waals surface area contributed by atoms with Gasteiger partial charge in [0, 0.05) is 48.2 Å². The Kier molecular flexibility index (Phi) is 8.21. The fraction of sp³-hybridized carbons (Fsp3) is 0.310. The molecule has 35 heavy (non-hydrogen) atoms. The SMILES string of the molecule is C=C(CCCC)N1CCN(C)CC1.C=Cc1ccc2c(Cl)cc(-c3ccc4cn[nH]c4c3)nc2c1. The van der Waals surface area contributed by atoms with Gasteiger partial charge in [-0.2, -0.15) is 5.10 Å². The molecular weight excluding hydrogens is 454 g/mol. The number of halogens is 1. The zero-order valence-corrected chi connectivity index (χ0v) is 21.5. The maximum atomic E-state index is 6.42. The Balaban J connectivity index is 0.000000191. The molecule has 1 aliphatic rings. The van der Waals surface area contributed by atoms with Gasteiger partial charge >= 0.3 is 0 Å². The number of nitrogens with one attached hydrogen (secondary N) is 1. The van der Waals surface area contributed by atoms with E-state index in [4.69, 9.17) is 16.6 Å². The van der Waals surface area contributed by atoms with Gasteiger partial charge in [-0.05, 0) is 43.7 Å². The molecule has 0 aliphatic carbocycles. The van der Waals surface area contributed by atoms with Crippen molar-refractivity contribution in [3.8, 4) is 11.3 Å². The molecule has 0 atom stereocenters. The summed E-state index contributed by atoms with van der Waals surface area (Å²) in [4.78, 5) is 9.56. The van der Waals surface area contributed by atoms with Crippen LogP contribution < -0.4 is 0 Å². The number of likely N-dealkylation sites (N-methyl/N-ethyl adjacent to an activating group) is 1. The number of hydrogen-bond acceptors (Lipinski definition) is 4. The molecule has 6 heteroatoms. The van der Waals surface area contributed by atoms with E-state index >= 15 is 0 Å².